The lowest BCUT2D eigenvalue weighted by Crippen LogP contribution is -2.19. The fourth-order valence-corrected chi connectivity index (χ4v) is 1.14. The van der Waals surface area contributed by atoms with Crippen LogP contribution in [0.15, 0.2) is 12.7 Å². The van der Waals surface area contributed by atoms with Gasteiger partial charge in [0.25, 0.3) is 6.47 Å². The summed E-state index contributed by atoms with van der Waals surface area (Å²) < 4.78 is 4.81. The Hall–Kier alpha value is -0.790. The molecule has 0 aromatic rings. The van der Waals surface area contributed by atoms with Crippen LogP contribution in [-0.2, 0) is 9.53 Å². The Morgan fingerprint density at radius 2 is 2.30 bits per heavy atom. The first-order chi connectivity index (χ1) is 4.75. The molecule has 1 aliphatic rings. The van der Waals surface area contributed by atoms with Crippen LogP contribution in [-0.4, -0.2) is 12.6 Å². The number of rotatable bonds is 4. The van der Waals surface area contributed by atoms with E-state index in [0.717, 1.165) is 12.8 Å². The number of carbonyl (C=O) groups excluding carboxylic acids is 1. The minimum Gasteiger partial charge on any atom is -0.464 e. The van der Waals surface area contributed by atoms with Crippen molar-refractivity contribution in [3.05, 3.63) is 12.7 Å². The Balaban J connectivity index is 2.46. The lowest BCUT2D eigenvalue weighted by Gasteiger charge is -2.16. The van der Waals surface area contributed by atoms with Gasteiger partial charge in [0.2, 0.25) is 0 Å². The van der Waals surface area contributed by atoms with E-state index in [1.807, 2.05) is 13.0 Å². The summed E-state index contributed by atoms with van der Waals surface area (Å²) in [4.78, 5) is 9.95. The van der Waals surface area contributed by atoms with Gasteiger partial charge in [-0.15, -0.1) is 6.58 Å². The van der Waals surface area contributed by atoms with Crippen molar-refractivity contribution in [3.63, 3.8) is 0 Å². The highest BCUT2D eigenvalue weighted by molar-refractivity contribution is 5.38. The van der Waals surface area contributed by atoms with E-state index in [1.54, 1.807) is 0 Å². The van der Waals surface area contributed by atoms with Crippen molar-refractivity contribution < 1.29 is 9.53 Å². The predicted octanol–water partition coefficient (Wildman–Crippen LogP) is 1.51. The third-order valence-electron chi connectivity index (χ3n) is 2.30. The molecule has 0 aromatic heterocycles. The second-order valence-corrected chi connectivity index (χ2v) is 2.81. The molecular formula is C8H12O2. The van der Waals surface area contributed by atoms with Crippen LogP contribution in [0.4, 0.5) is 0 Å². The smallest absolute Gasteiger partial charge is 0.293 e. The van der Waals surface area contributed by atoms with E-state index >= 15 is 0 Å². The maximum absolute atomic E-state index is 9.95. The Bertz CT molecular complexity index is 147. The van der Waals surface area contributed by atoms with Crippen LogP contribution in [0.2, 0.25) is 0 Å². The summed E-state index contributed by atoms with van der Waals surface area (Å²) in [7, 11) is 0. The minimum atomic E-state index is 0.00231. The molecule has 0 amide bonds. The normalized spacial score (nSPS) is 22.9. The third kappa shape index (κ3) is 1.06. The molecule has 0 N–H and O–H groups in total. The van der Waals surface area contributed by atoms with Crippen molar-refractivity contribution in [1.82, 2.24) is 0 Å². The first kappa shape index (κ1) is 7.32. The van der Waals surface area contributed by atoms with E-state index in [2.05, 4.69) is 6.58 Å². The van der Waals surface area contributed by atoms with Gasteiger partial charge in [0.1, 0.15) is 6.10 Å². The van der Waals surface area contributed by atoms with Crippen LogP contribution >= 0.6 is 0 Å². The van der Waals surface area contributed by atoms with Gasteiger partial charge in [0.05, 0.1) is 0 Å². The van der Waals surface area contributed by atoms with Crippen LogP contribution < -0.4 is 0 Å². The summed E-state index contributed by atoms with van der Waals surface area (Å²) in [6.45, 7) is 6.12. The van der Waals surface area contributed by atoms with Crippen LogP contribution in [0.25, 0.3) is 0 Å². The van der Waals surface area contributed by atoms with E-state index in [4.69, 9.17) is 4.74 Å². The molecule has 0 bridgehead atoms. The van der Waals surface area contributed by atoms with Crippen molar-refractivity contribution in [2.75, 3.05) is 0 Å². The molecule has 2 heteroatoms. The SMILES string of the molecule is C=CC1(C(C)OC=O)CC1. The highest BCUT2D eigenvalue weighted by Gasteiger charge is 2.45. The fraction of sp³-hybridized carbons (Fsp3) is 0.625. The fourth-order valence-electron chi connectivity index (χ4n) is 1.14. The van der Waals surface area contributed by atoms with Gasteiger partial charge in [0, 0.05) is 5.41 Å². The molecule has 56 valence electrons. The van der Waals surface area contributed by atoms with Gasteiger partial charge in [-0.1, -0.05) is 6.08 Å². The van der Waals surface area contributed by atoms with Crippen molar-refractivity contribution in [2.45, 2.75) is 25.9 Å². The number of ether oxygens (including phenoxy) is 1. The minimum absolute atomic E-state index is 0.00231. The van der Waals surface area contributed by atoms with Gasteiger partial charge in [-0.2, -0.15) is 0 Å². The largest absolute Gasteiger partial charge is 0.464 e. The second-order valence-electron chi connectivity index (χ2n) is 2.81. The summed E-state index contributed by atoms with van der Waals surface area (Å²) in [5, 5.41) is 0. The monoisotopic (exact) mass is 140 g/mol. The van der Waals surface area contributed by atoms with Crippen LogP contribution in [0.1, 0.15) is 19.8 Å². The van der Waals surface area contributed by atoms with E-state index in [-0.39, 0.29) is 11.5 Å². The molecule has 1 atom stereocenters. The molecule has 0 radical (unpaired) electrons. The topological polar surface area (TPSA) is 26.3 Å². The quantitative estimate of drug-likeness (QED) is 0.437. The molecule has 0 heterocycles. The maximum Gasteiger partial charge on any atom is 0.293 e. The summed E-state index contributed by atoms with van der Waals surface area (Å²) in [6.07, 6.45) is 4.10. The van der Waals surface area contributed by atoms with Crippen molar-refractivity contribution in [3.8, 4) is 0 Å². The highest BCUT2D eigenvalue weighted by Crippen LogP contribution is 2.50. The van der Waals surface area contributed by atoms with Gasteiger partial charge in [-0.05, 0) is 19.8 Å². The Morgan fingerprint density at radius 3 is 2.60 bits per heavy atom. The van der Waals surface area contributed by atoms with Crippen LogP contribution in [0, 0.1) is 5.41 Å². The molecule has 0 aromatic carbocycles. The first-order valence-corrected chi connectivity index (χ1v) is 3.48. The standard InChI is InChI=1S/C8H12O2/c1-3-8(4-5-8)7(2)10-6-9/h3,6-7H,1,4-5H2,2H3. The number of hydrogen-bond donors (Lipinski definition) is 0. The average molecular weight is 140 g/mol. The highest BCUT2D eigenvalue weighted by atomic mass is 16.5. The number of hydrogen-bond acceptors (Lipinski definition) is 2. The molecule has 0 saturated heterocycles. The molecule has 0 aliphatic heterocycles. The van der Waals surface area contributed by atoms with E-state index in [1.165, 1.54) is 0 Å². The molecule has 1 saturated carbocycles. The molecule has 0 spiro atoms. The third-order valence-corrected chi connectivity index (χ3v) is 2.30. The van der Waals surface area contributed by atoms with Crippen molar-refractivity contribution >= 4 is 6.47 Å². The molecule has 1 aliphatic carbocycles. The lowest BCUT2D eigenvalue weighted by atomic mass is 10.0. The Labute approximate surface area is 60.9 Å². The van der Waals surface area contributed by atoms with Crippen LogP contribution in [0.5, 0.6) is 0 Å². The summed E-state index contributed by atoms with van der Waals surface area (Å²) in [5.41, 5.74) is 0.112. The average Bonchev–Trinajstić information content (AvgIpc) is 2.68. The van der Waals surface area contributed by atoms with Gasteiger partial charge in [0.15, 0.2) is 0 Å². The summed E-state index contributed by atoms with van der Waals surface area (Å²) in [6, 6.07) is 0. The van der Waals surface area contributed by atoms with E-state index in [9.17, 15) is 4.79 Å². The van der Waals surface area contributed by atoms with Gasteiger partial charge in [-0.3, -0.25) is 4.79 Å². The molecule has 2 nitrogen and oxygen atoms in total. The zero-order chi connectivity index (χ0) is 7.61. The van der Waals surface area contributed by atoms with Gasteiger partial charge < -0.3 is 4.74 Å². The Kier molecular flexibility index (Phi) is 1.79. The second kappa shape index (κ2) is 2.45. The lowest BCUT2D eigenvalue weighted by molar-refractivity contribution is -0.134. The molecule has 1 rings (SSSR count). The zero-order valence-corrected chi connectivity index (χ0v) is 6.17. The predicted molar refractivity (Wildman–Crippen MR) is 38.5 cm³/mol. The molecular weight excluding hydrogens is 128 g/mol. The molecule has 10 heavy (non-hydrogen) atoms. The van der Waals surface area contributed by atoms with Crippen LogP contribution in [0.3, 0.4) is 0 Å². The maximum atomic E-state index is 9.95. The zero-order valence-electron chi connectivity index (χ0n) is 6.17. The summed E-state index contributed by atoms with van der Waals surface area (Å²) >= 11 is 0. The van der Waals surface area contributed by atoms with E-state index in [0.29, 0.717) is 6.47 Å². The van der Waals surface area contributed by atoms with Gasteiger partial charge in [-0.25, -0.2) is 0 Å². The Morgan fingerprint density at radius 1 is 1.70 bits per heavy atom. The molecule has 1 fully saturated rings. The van der Waals surface area contributed by atoms with Crippen molar-refractivity contribution in [1.29, 1.82) is 0 Å². The first-order valence-electron chi connectivity index (χ1n) is 3.48. The van der Waals surface area contributed by atoms with E-state index < -0.39 is 0 Å². The number of carbonyl (C=O) groups is 1. The van der Waals surface area contributed by atoms with Gasteiger partial charge >= 0.3 is 0 Å². The molecule has 1 unspecified atom stereocenters. The summed E-state index contributed by atoms with van der Waals surface area (Å²) in [5.74, 6) is 0. The van der Waals surface area contributed by atoms with Crippen molar-refractivity contribution in [2.24, 2.45) is 5.41 Å².